The fraction of sp³-hybridized carbons (Fsp3) is 0.250. The number of rotatable bonds is 5. The molecule has 10 heteroatoms. The van der Waals surface area contributed by atoms with Gasteiger partial charge in [-0.2, -0.15) is 4.98 Å². The Balaban J connectivity index is 1.83. The van der Waals surface area contributed by atoms with Crippen molar-refractivity contribution in [2.75, 3.05) is 5.32 Å². The first-order valence-corrected chi connectivity index (χ1v) is 10.7. The van der Waals surface area contributed by atoms with Crippen LogP contribution in [-0.2, 0) is 15.6 Å². The van der Waals surface area contributed by atoms with Gasteiger partial charge in [-0.05, 0) is 52.5 Å². The predicted molar refractivity (Wildman–Crippen MR) is 103 cm³/mol. The van der Waals surface area contributed by atoms with Gasteiger partial charge in [0.05, 0.1) is 26.5 Å². The number of nitrogens with zero attached hydrogens (tertiary/aromatic N) is 4. The Morgan fingerprint density at radius 1 is 1.19 bits per heavy atom. The van der Waals surface area contributed by atoms with E-state index in [9.17, 15) is 8.42 Å². The van der Waals surface area contributed by atoms with Crippen LogP contribution in [0.5, 0.6) is 0 Å². The zero-order valence-electron chi connectivity index (χ0n) is 13.4. The summed E-state index contributed by atoms with van der Waals surface area (Å²) in [6.45, 7) is 0. The summed E-state index contributed by atoms with van der Waals surface area (Å²) in [5.74, 6) is 0.338. The third-order valence-electron chi connectivity index (χ3n) is 4.09. The molecule has 26 heavy (non-hydrogen) atoms. The van der Waals surface area contributed by atoms with Crippen LogP contribution < -0.4 is 5.32 Å². The largest absolute Gasteiger partial charge is 0.339 e. The molecule has 2 aromatic heterocycles. The molecule has 7 nitrogen and oxygen atoms in total. The second-order valence-electron chi connectivity index (χ2n) is 5.98. The second-order valence-corrected chi connectivity index (χ2v) is 9.46. The van der Waals surface area contributed by atoms with E-state index >= 15 is 0 Å². The molecule has 0 bridgehead atoms. The smallest absolute Gasteiger partial charge is 0.224 e. The van der Waals surface area contributed by atoms with Crippen molar-refractivity contribution < 1.29 is 8.42 Å². The molecule has 1 fully saturated rings. The Hall–Kier alpha value is -1.84. The van der Waals surface area contributed by atoms with Crippen LogP contribution in [0.25, 0.3) is 11.0 Å². The zero-order valence-corrected chi connectivity index (χ0v) is 16.5. The summed E-state index contributed by atoms with van der Waals surface area (Å²) in [6.07, 6.45) is 6.09. The Morgan fingerprint density at radius 3 is 2.73 bits per heavy atom. The number of halogens is 2. The van der Waals surface area contributed by atoms with E-state index in [1.807, 2.05) is 0 Å². The van der Waals surface area contributed by atoms with Crippen molar-refractivity contribution in [1.82, 2.24) is 19.9 Å². The van der Waals surface area contributed by atoms with Crippen molar-refractivity contribution in [1.29, 1.82) is 0 Å². The maximum atomic E-state index is 12.6. The lowest BCUT2D eigenvalue weighted by Crippen LogP contribution is -2.12. The first-order chi connectivity index (χ1) is 12.4. The van der Waals surface area contributed by atoms with Crippen LogP contribution in [0.15, 0.2) is 35.2 Å². The van der Waals surface area contributed by atoms with Gasteiger partial charge in [-0.15, -0.1) is 0 Å². The van der Waals surface area contributed by atoms with Crippen LogP contribution in [0.4, 0.5) is 11.5 Å². The van der Waals surface area contributed by atoms with Gasteiger partial charge in [-0.3, -0.25) is 9.97 Å². The average Bonchev–Trinajstić information content (AvgIpc) is 3.46. The van der Waals surface area contributed by atoms with Crippen molar-refractivity contribution in [3.8, 4) is 0 Å². The highest BCUT2D eigenvalue weighted by atomic mass is 79.9. The van der Waals surface area contributed by atoms with E-state index in [-0.39, 0.29) is 16.3 Å². The minimum Gasteiger partial charge on any atom is -0.339 e. The average molecular weight is 455 g/mol. The highest BCUT2D eigenvalue weighted by Gasteiger charge is 2.36. The molecule has 1 N–H and O–H groups in total. The number of sulfone groups is 1. The van der Waals surface area contributed by atoms with E-state index in [4.69, 9.17) is 11.6 Å². The molecule has 0 atom stereocenters. The van der Waals surface area contributed by atoms with Crippen LogP contribution in [0.3, 0.4) is 0 Å². The topological polar surface area (TPSA) is 97.7 Å². The second kappa shape index (κ2) is 6.71. The monoisotopic (exact) mass is 453 g/mol. The predicted octanol–water partition coefficient (Wildman–Crippen LogP) is 3.66. The van der Waals surface area contributed by atoms with E-state index in [1.54, 1.807) is 24.5 Å². The third-order valence-corrected chi connectivity index (χ3v) is 7.03. The number of benzene rings is 1. The van der Waals surface area contributed by atoms with Gasteiger partial charge in [0.25, 0.3) is 0 Å². The Morgan fingerprint density at radius 2 is 1.96 bits per heavy atom. The van der Waals surface area contributed by atoms with Crippen LogP contribution in [0.1, 0.15) is 18.4 Å². The highest BCUT2D eigenvalue weighted by molar-refractivity contribution is 9.10. The molecular formula is C16H13BrClN5O2S. The molecular weight excluding hydrogens is 442 g/mol. The molecule has 0 spiro atoms. The van der Waals surface area contributed by atoms with Gasteiger partial charge < -0.3 is 5.32 Å². The molecule has 4 rings (SSSR count). The minimum atomic E-state index is -3.24. The van der Waals surface area contributed by atoms with Gasteiger partial charge in [0, 0.05) is 29.8 Å². The molecule has 3 aromatic rings. The van der Waals surface area contributed by atoms with Crippen LogP contribution in [-0.4, -0.2) is 33.6 Å². The fourth-order valence-corrected chi connectivity index (χ4v) is 4.87. The number of hydrogen-bond acceptors (Lipinski definition) is 7. The summed E-state index contributed by atoms with van der Waals surface area (Å²) in [6, 6.07) is 3.56. The van der Waals surface area contributed by atoms with Gasteiger partial charge in [-0.25, -0.2) is 13.4 Å². The maximum Gasteiger partial charge on any atom is 0.224 e. The number of aromatic nitrogens is 4. The minimum absolute atomic E-state index is 0.0865. The molecule has 1 aliphatic carbocycles. The van der Waals surface area contributed by atoms with E-state index in [1.165, 1.54) is 6.20 Å². The SMILES string of the molecule is O=S(=O)(Cc1c(Nc2nc(Cl)ncc2Br)ccc2nccnc12)C1CC1. The summed E-state index contributed by atoms with van der Waals surface area (Å²) in [5.41, 5.74) is 2.36. The lowest BCUT2D eigenvalue weighted by molar-refractivity contribution is 0.594. The lowest BCUT2D eigenvalue weighted by Gasteiger charge is -2.14. The number of nitrogens with one attached hydrogen (secondary N) is 1. The molecule has 2 heterocycles. The van der Waals surface area contributed by atoms with E-state index in [2.05, 4.69) is 41.2 Å². The number of anilines is 2. The molecule has 0 saturated heterocycles. The van der Waals surface area contributed by atoms with Crippen molar-refractivity contribution >= 4 is 59.9 Å². The molecule has 0 amide bonds. The summed E-state index contributed by atoms with van der Waals surface area (Å²) in [7, 11) is -3.24. The van der Waals surface area contributed by atoms with Crippen molar-refractivity contribution in [3.05, 3.63) is 46.0 Å². The summed E-state index contributed by atoms with van der Waals surface area (Å²) in [4.78, 5) is 16.7. The third kappa shape index (κ3) is 3.51. The number of hydrogen-bond donors (Lipinski definition) is 1. The summed E-state index contributed by atoms with van der Waals surface area (Å²) >= 11 is 9.24. The Kier molecular flexibility index (Phi) is 4.54. The number of fused-ring (bicyclic) bond motifs is 1. The molecule has 1 aliphatic rings. The van der Waals surface area contributed by atoms with E-state index in [0.29, 0.717) is 45.4 Å². The van der Waals surface area contributed by atoms with Crippen molar-refractivity contribution in [2.24, 2.45) is 0 Å². The summed E-state index contributed by atoms with van der Waals surface area (Å²) in [5, 5.41) is 2.97. The van der Waals surface area contributed by atoms with E-state index < -0.39 is 9.84 Å². The van der Waals surface area contributed by atoms with Crippen LogP contribution in [0.2, 0.25) is 5.28 Å². The summed E-state index contributed by atoms with van der Waals surface area (Å²) < 4.78 is 25.8. The van der Waals surface area contributed by atoms with Gasteiger partial charge in [0.2, 0.25) is 5.28 Å². The van der Waals surface area contributed by atoms with Crippen LogP contribution >= 0.6 is 27.5 Å². The normalized spacial score (nSPS) is 14.5. The van der Waals surface area contributed by atoms with Gasteiger partial charge >= 0.3 is 0 Å². The molecule has 134 valence electrons. The molecule has 0 aliphatic heterocycles. The zero-order chi connectivity index (χ0) is 18.3. The Labute approximate surface area is 163 Å². The van der Waals surface area contributed by atoms with Gasteiger partial charge in [0.15, 0.2) is 9.84 Å². The standard InChI is InChI=1S/C16H13BrClN5O2S/c17-11-7-21-16(18)23-15(11)22-12-3-4-13-14(20-6-5-19-13)10(12)8-26(24,25)9-1-2-9/h3-7,9H,1-2,8H2,(H,21,22,23). The molecule has 1 saturated carbocycles. The van der Waals surface area contributed by atoms with Crippen LogP contribution in [0, 0.1) is 0 Å². The quantitative estimate of drug-likeness (QED) is 0.587. The molecule has 0 unspecified atom stereocenters. The first-order valence-electron chi connectivity index (χ1n) is 7.83. The van der Waals surface area contributed by atoms with Crippen molar-refractivity contribution in [2.45, 2.75) is 23.8 Å². The molecule has 1 aromatic carbocycles. The van der Waals surface area contributed by atoms with Gasteiger partial charge in [0.1, 0.15) is 5.82 Å². The first kappa shape index (κ1) is 17.6. The molecule has 0 radical (unpaired) electrons. The van der Waals surface area contributed by atoms with Gasteiger partial charge in [-0.1, -0.05) is 0 Å². The Bertz CT molecular complexity index is 1100. The van der Waals surface area contributed by atoms with Crippen molar-refractivity contribution in [3.63, 3.8) is 0 Å². The highest BCUT2D eigenvalue weighted by Crippen LogP contribution is 2.35. The lowest BCUT2D eigenvalue weighted by atomic mass is 10.1. The van der Waals surface area contributed by atoms with E-state index in [0.717, 1.165) is 0 Å². The maximum absolute atomic E-state index is 12.6. The fourth-order valence-electron chi connectivity index (χ4n) is 2.66.